The molecule has 0 spiro atoms. The summed E-state index contributed by atoms with van der Waals surface area (Å²) in [5.74, 6) is -1.11. The standard InChI is InChI=1S/C19H16ClF3N2O2/c20-15-7-6-13(10-14(15)19(21,22)23)25-17(26)11-16(18(25)27)24-9-8-12-4-2-1-3-5-12/h1-7,10,16,24H,8-9,11H2. The molecule has 2 amide bonds. The molecule has 0 radical (unpaired) electrons. The lowest BCUT2D eigenvalue weighted by Crippen LogP contribution is -2.39. The molecular weight excluding hydrogens is 381 g/mol. The van der Waals surface area contributed by atoms with Crippen LogP contribution in [0.4, 0.5) is 18.9 Å². The third-order valence-corrected chi connectivity index (χ3v) is 4.64. The largest absolute Gasteiger partial charge is 0.417 e. The van der Waals surface area contributed by atoms with Crippen molar-refractivity contribution < 1.29 is 22.8 Å². The number of halogens is 4. The fourth-order valence-corrected chi connectivity index (χ4v) is 3.19. The van der Waals surface area contributed by atoms with Gasteiger partial charge in [-0.25, -0.2) is 4.90 Å². The van der Waals surface area contributed by atoms with Crippen LogP contribution in [0.3, 0.4) is 0 Å². The fraction of sp³-hybridized carbons (Fsp3) is 0.263. The Bertz CT molecular complexity index is 856. The van der Waals surface area contributed by atoms with E-state index in [1.165, 1.54) is 6.07 Å². The summed E-state index contributed by atoms with van der Waals surface area (Å²) in [7, 11) is 0. The molecule has 1 N–H and O–H groups in total. The molecule has 1 saturated heterocycles. The molecule has 1 aliphatic rings. The number of hydrogen-bond donors (Lipinski definition) is 1. The number of carbonyl (C=O) groups excluding carboxylic acids is 2. The minimum Gasteiger partial charge on any atom is -0.305 e. The molecule has 8 heteroatoms. The summed E-state index contributed by atoms with van der Waals surface area (Å²) in [5.41, 5.74) is -0.136. The van der Waals surface area contributed by atoms with Crippen molar-refractivity contribution in [2.75, 3.05) is 11.4 Å². The van der Waals surface area contributed by atoms with Crippen molar-refractivity contribution in [3.63, 3.8) is 0 Å². The minimum atomic E-state index is -4.67. The molecule has 1 fully saturated rings. The van der Waals surface area contributed by atoms with Crippen molar-refractivity contribution in [1.82, 2.24) is 5.32 Å². The number of hydrogen-bond acceptors (Lipinski definition) is 3. The molecule has 2 aromatic rings. The Morgan fingerprint density at radius 1 is 1.11 bits per heavy atom. The molecular formula is C19H16ClF3N2O2. The zero-order chi connectivity index (χ0) is 19.6. The number of alkyl halides is 3. The van der Waals surface area contributed by atoms with Gasteiger partial charge in [-0.2, -0.15) is 13.2 Å². The van der Waals surface area contributed by atoms with Gasteiger partial charge in [0.1, 0.15) is 0 Å². The third-order valence-electron chi connectivity index (χ3n) is 4.31. The molecule has 0 aliphatic carbocycles. The summed E-state index contributed by atoms with van der Waals surface area (Å²) >= 11 is 5.60. The van der Waals surface area contributed by atoms with Crippen molar-refractivity contribution in [2.24, 2.45) is 0 Å². The summed E-state index contributed by atoms with van der Waals surface area (Å²) in [6, 6.07) is 11.8. The van der Waals surface area contributed by atoms with E-state index in [1.54, 1.807) is 0 Å². The number of amides is 2. The van der Waals surface area contributed by atoms with Crippen LogP contribution in [-0.2, 0) is 22.2 Å². The van der Waals surface area contributed by atoms with Crippen molar-refractivity contribution in [1.29, 1.82) is 0 Å². The van der Waals surface area contributed by atoms with Gasteiger partial charge >= 0.3 is 6.18 Å². The van der Waals surface area contributed by atoms with Crippen molar-refractivity contribution in [3.8, 4) is 0 Å². The highest BCUT2D eigenvalue weighted by molar-refractivity contribution is 6.31. The van der Waals surface area contributed by atoms with Gasteiger partial charge in [0.15, 0.2) is 0 Å². The van der Waals surface area contributed by atoms with Crippen molar-refractivity contribution in [2.45, 2.75) is 25.1 Å². The normalized spacial score (nSPS) is 17.6. The van der Waals surface area contributed by atoms with E-state index < -0.39 is 34.6 Å². The van der Waals surface area contributed by atoms with Gasteiger partial charge in [0.05, 0.1) is 28.7 Å². The summed E-state index contributed by atoms with van der Waals surface area (Å²) in [6.07, 6.45) is -4.11. The van der Waals surface area contributed by atoms with Crippen LogP contribution in [0.2, 0.25) is 5.02 Å². The highest BCUT2D eigenvalue weighted by Crippen LogP contribution is 2.37. The first kappa shape index (κ1) is 19.4. The average molecular weight is 397 g/mol. The fourth-order valence-electron chi connectivity index (χ4n) is 2.97. The Morgan fingerprint density at radius 3 is 2.48 bits per heavy atom. The summed E-state index contributed by atoms with van der Waals surface area (Å²) < 4.78 is 39.1. The Morgan fingerprint density at radius 2 is 1.81 bits per heavy atom. The second kappa shape index (κ2) is 7.70. The van der Waals surface area contributed by atoms with E-state index in [0.717, 1.165) is 22.6 Å². The van der Waals surface area contributed by atoms with E-state index in [2.05, 4.69) is 5.32 Å². The molecule has 0 bridgehead atoms. The van der Waals surface area contributed by atoms with Crippen molar-refractivity contribution >= 4 is 29.1 Å². The van der Waals surface area contributed by atoms with Gasteiger partial charge in [-0.1, -0.05) is 41.9 Å². The predicted octanol–water partition coefficient (Wildman–Crippen LogP) is 3.82. The number of anilines is 1. The Hall–Kier alpha value is -2.38. The maximum atomic E-state index is 13.0. The number of carbonyl (C=O) groups is 2. The SMILES string of the molecule is O=C1CC(NCCc2ccccc2)C(=O)N1c1ccc(Cl)c(C(F)(F)F)c1. The lowest BCUT2D eigenvalue weighted by Gasteiger charge is -2.18. The second-order valence-corrected chi connectivity index (χ2v) is 6.58. The van der Waals surface area contributed by atoms with Crippen LogP contribution in [0.1, 0.15) is 17.5 Å². The molecule has 1 unspecified atom stereocenters. The minimum absolute atomic E-state index is 0.0996. The second-order valence-electron chi connectivity index (χ2n) is 6.18. The molecule has 142 valence electrons. The molecule has 3 rings (SSSR count). The molecule has 1 heterocycles. The molecule has 1 atom stereocenters. The maximum absolute atomic E-state index is 13.0. The Balaban J connectivity index is 1.71. The van der Waals surface area contributed by atoms with Crippen LogP contribution in [0, 0.1) is 0 Å². The highest BCUT2D eigenvalue weighted by Gasteiger charge is 2.41. The first-order chi connectivity index (χ1) is 12.8. The summed E-state index contributed by atoms with van der Waals surface area (Å²) in [6.45, 7) is 0.468. The molecule has 1 aliphatic heterocycles. The van der Waals surface area contributed by atoms with Gasteiger partial charge in [0, 0.05) is 0 Å². The maximum Gasteiger partial charge on any atom is 0.417 e. The first-order valence-corrected chi connectivity index (χ1v) is 8.66. The van der Waals surface area contributed by atoms with Gasteiger partial charge in [-0.3, -0.25) is 9.59 Å². The van der Waals surface area contributed by atoms with E-state index >= 15 is 0 Å². The lowest BCUT2D eigenvalue weighted by atomic mass is 10.1. The van der Waals surface area contributed by atoms with Crippen LogP contribution in [0.15, 0.2) is 48.5 Å². The monoisotopic (exact) mass is 396 g/mol. The number of nitrogens with zero attached hydrogens (tertiary/aromatic N) is 1. The van der Waals surface area contributed by atoms with E-state index in [1.807, 2.05) is 30.3 Å². The molecule has 2 aromatic carbocycles. The average Bonchev–Trinajstić information content (AvgIpc) is 2.89. The van der Waals surface area contributed by atoms with Crippen LogP contribution in [0.5, 0.6) is 0 Å². The van der Waals surface area contributed by atoms with Crippen LogP contribution >= 0.6 is 11.6 Å². The van der Waals surface area contributed by atoms with Gasteiger partial charge in [0.25, 0.3) is 5.91 Å². The quantitative estimate of drug-likeness (QED) is 0.782. The predicted molar refractivity (Wildman–Crippen MR) is 95.5 cm³/mol. The Labute approximate surface area is 158 Å². The highest BCUT2D eigenvalue weighted by atomic mass is 35.5. The summed E-state index contributed by atoms with van der Waals surface area (Å²) in [4.78, 5) is 25.5. The van der Waals surface area contributed by atoms with Gasteiger partial charge in [0.2, 0.25) is 5.91 Å². The van der Waals surface area contributed by atoms with E-state index in [-0.39, 0.29) is 12.1 Å². The smallest absolute Gasteiger partial charge is 0.305 e. The van der Waals surface area contributed by atoms with Gasteiger partial charge in [-0.15, -0.1) is 0 Å². The van der Waals surface area contributed by atoms with Crippen LogP contribution < -0.4 is 10.2 Å². The molecule has 0 saturated carbocycles. The molecule has 27 heavy (non-hydrogen) atoms. The van der Waals surface area contributed by atoms with Crippen LogP contribution in [-0.4, -0.2) is 24.4 Å². The third kappa shape index (κ3) is 4.31. The summed E-state index contributed by atoms with van der Waals surface area (Å²) in [5, 5.41) is 2.52. The van der Waals surface area contributed by atoms with E-state index in [4.69, 9.17) is 11.6 Å². The number of nitrogens with one attached hydrogen (secondary N) is 1. The number of imide groups is 1. The van der Waals surface area contributed by atoms with Gasteiger partial charge in [-0.05, 0) is 36.7 Å². The van der Waals surface area contributed by atoms with E-state index in [9.17, 15) is 22.8 Å². The number of benzene rings is 2. The van der Waals surface area contributed by atoms with E-state index in [0.29, 0.717) is 13.0 Å². The zero-order valence-electron chi connectivity index (χ0n) is 14.1. The van der Waals surface area contributed by atoms with Crippen molar-refractivity contribution in [3.05, 3.63) is 64.7 Å². The number of rotatable bonds is 5. The first-order valence-electron chi connectivity index (χ1n) is 8.28. The lowest BCUT2D eigenvalue weighted by molar-refractivity contribution is -0.137. The topological polar surface area (TPSA) is 49.4 Å². The van der Waals surface area contributed by atoms with Crippen LogP contribution in [0.25, 0.3) is 0 Å². The molecule has 4 nitrogen and oxygen atoms in total. The zero-order valence-corrected chi connectivity index (χ0v) is 14.8. The Kier molecular flexibility index (Phi) is 5.53. The van der Waals surface area contributed by atoms with Gasteiger partial charge < -0.3 is 5.32 Å². The molecule has 0 aromatic heterocycles.